The summed E-state index contributed by atoms with van der Waals surface area (Å²) in [4.78, 5) is 26.9. The molecule has 2 amide bonds. The minimum Gasteiger partial charge on any atom is -0.384 e. The second-order valence-corrected chi connectivity index (χ2v) is 9.66. The van der Waals surface area contributed by atoms with E-state index in [1.54, 1.807) is 18.2 Å². The van der Waals surface area contributed by atoms with Crippen LogP contribution in [0.3, 0.4) is 0 Å². The highest BCUT2D eigenvalue weighted by Gasteiger charge is 2.42. The Hall–Kier alpha value is -3.06. The summed E-state index contributed by atoms with van der Waals surface area (Å²) < 4.78 is 0. The van der Waals surface area contributed by atoms with Crippen molar-refractivity contribution < 1.29 is 9.59 Å². The molecule has 2 atom stereocenters. The average Bonchev–Trinajstić information content (AvgIpc) is 3.06. The molecular formula is C25H30ClN5O2. The molecule has 1 aliphatic heterocycles. The van der Waals surface area contributed by atoms with E-state index in [1.807, 2.05) is 29.2 Å². The second-order valence-electron chi connectivity index (χ2n) is 9.19. The Bertz CT molecular complexity index is 1060. The number of hydrogen-bond donors (Lipinski definition) is 4. The molecule has 0 aromatic heterocycles. The smallest absolute Gasteiger partial charge is 0.248 e. The summed E-state index contributed by atoms with van der Waals surface area (Å²) in [6.45, 7) is 2.66. The van der Waals surface area contributed by atoms with Crippen LogP contribution in [0.4, 0.5) is 5.69 Å². The number of rotatable bonds is 6. The number of alkyl halides is 1. The highest BCUT2D eigenvalue weighted by atomic mass is 35.5. The first-order valence-electron chi connectivity index (χ1n) is 11.3. The molecule has 174 valence electrons. The lowest BCUT2D eigenvalue weighted by molar-refractivity contribution is -0.123. The van der Waals surface area contributed by atoms with E-state index >= 15 is 0 Å². The maximum atomic E-state index is 13.5. The monoisotopic (exact) mass is 467 g/mol. The number of nitrogens with zero attached hydrogens (tertiary/aromatic N) is 1. The van der Waals surface area contributed by atoms with Gasteiger partial charge >= 0.3 is 0 Å². The highest BCUT2D eigenvalue weighted by Crippen LogP contribution is 2.45. The van der Waals surface area contributed by atoms with Crippen molar-refractivity contribution in [2.75, 3.05) is 4.90 Å². The molecule has 6 N–H and O–H groups in total. The number of halogens is 1. The van der Waals surface area contributed by atoms with Crippen molar-refractivity contribution in [1.82, 2.24) is 5.32 Å². The van der Waals surface area contributed by atoms with Crippen LogP contribution in [-0.4, -0.2) is 29.7 Å². The summed E-state index contributed by atoms with van der Waals surface area (Å²) in [7, 11) is 0. The van der Waals surface area contributed by atoms with Crippen LogP contribution in [0.25, 0.3) is 0 Å². The van der Waals surface area contributed by atoms with Crippen molar-refractivity contribution in [3.05, 3.63) is 64.7 Å². The number of nitrogens with two attached hydrogens (primary N) is 2. The quantitative estimate of drug-likeness (QED) is 0.295. The van der Waals surface area contributed by atoms with Gasteiger partial charge in [0.1, 0.15) is 11.9 Å². The lowest BCUT2D eigenvalue weighted by atomic mass is 9.87. The zero-order valence-electron chi connectivity index (χ0n) is 18.7. The van der Waals surface area contributed by atoms with Gasteiger partial charge in [-0.25, -0.2) is 0 Å². The Morgan fingerprint density at radius 3 is 2.30 bits per heavy atom. The van der Waals surface area contributed by atoms with Crippen LogP contribution in [0, 0.1) is 11.3 Å². The number of carbonyl (C=O) groups excluding carboxylic acids is 2. The summed E-state index contributed by atoms with van der Waals surface area (Å²) in [6, 6.07) is 12.0. The van der Waals surface area contributed by atoms with Gasteiger partial charge in [-0.15, -0.1) is 11.6 Å². The van der Waals surface area contributed by atoms with E-state index in [2.05, 4.69) is 12.2 Å². The van der Waals surface area contributed by atoms with E-state index in [-0.39, 0.29) is 17.8 Å². The predicted molar refractivity (Wildman–Crippen MR) is 131 cm³/mol. The van der Waals surface area contributed by atoms with Crippen LogP contribution < -0.4 is 21.7 Å². The number of hydrogen-bond acceptors (Lipinski definition) is 4. The van der Waals surface area contributed by atoms with Crippen LogP contribution in [0.15, 0.2) is 42.5 Å². The van der Waals surface area contributed by atoms with Crippen molar-refractivity contribution >= 4 is 34.9 Å². The largest absolute Gasteiger partial charge is 0.384 e. The van der Waals surface area contributed by atoms with Gasteiger partial charge in [0.25, 0.3) is 0 Å². The number of fused-ring (bicyclic) bond motifs is 1. The molecule has 7 nitrogen and oxygen atoms in total. The van der Waals surface area contributed by atoms with Gasteiger partial charge in [-0.3, -0.25) is 15.0 Å². The van der Waals surface area contributed by atoms with Gasteiger partial charge in [-0.1, -0.05) is 31.2 Å². The van der Waals surface area contributed by atoms with Crippen LogP contribution in [0.1, 0.15) is 65.0 Å². The normalized spacial score (nSPS) is 24.2. The molecule has 0 radical (unpaired) electrons. The van der Waals surface area contributed by atoms with Crippen molar-refractivity contribution in [1.29, 1.82) is 5.41 Å². The van der Waals surface area contributed by atoms with E-state index < -0.39 is 17.3 Å². The standard InChI is InChI=1S/C25H30ClN5O2/c1-14-2-9-18(10-3-14)30-25(33)22-21(26)19-11-8-17(23(27)28)12-20(19)31(22)13-15-4-6-16(7-5-15)24(29)32/h4-8,11-12,14,18,21-22H,2-3,9-10,13H2,1H3,(H3,27,28)(H2,29,32)(H,30,33). The van der Waals surface area contributed by atoms with E-state index in [9.17, 15) is 9.59 Å². The van der Waals surface area contributed by atoms with Crippen molar-refractivity contribution in [2.45, 2.75) is 56.6 Å². The predicted octanol–water partition coefficient (Wildman–Crippen LogP) is 3.43. The molecule has 8 heteroatoms. The molecule has 0 bridgehead atoms. The van der Waals surface area contributed by atoms with Gasteiger partial charge < -0.3 is 21.7 Å². The Balaban J connectivity index is 1.63. The Labute approximate surface area is 199 Å². The minimum absolute atomic E-state index is 0.0427. The fourth-order valence-electron chi connectivity index (χ4n) is 4.79. The molecule has 33 heavy (non-hydrogen) atoms. The third-order valence-corrected chi connectivity index (χ3v) is 7.26. The lowest BCUT2D eigenvalue weighted by Gasteiger charge is -2.32. The van der Waals surface area contributed by atoms with Gasteiger partial charge in [0.15, 0.2) is 0 Å². The zero-order valence-corrected chi connectivity index (χ0v) is 19.4. The number of amidine groups is 1. The molecule has 0 spiro atoms. The van der Waals surface area contributed by atoms with Crippen LogP contribution in [-0.2, 0) is 11.3 Å². The van der Waals surface area contributed by atoms with E-state index in [1.165, 1.54) is 0 Å². The Morgan fingerprint density at radius 1 is 1.06 bits per heavy atom. The lowest BCUT2D eigenvalue weighted by Crippen LogP contribution is -2.49. The first kappa shape index (κ1) is 23.1. The SMILES string of the molecule is CC1CCC(NC(=O)C2C(Cl)c3ccc(C(=N)N)cc3N2Cc2ccc(C(N)=O)cc2)CC1. The topological polar surface area (TPSA) is 125 Å². The van der Waals surface area contributed by atoms with E-state index in [0.717, 1.165) is 42.5 Å². The highest BCUT2D eigenvalue weighted by molar-refractivity contribution is 6.25. The number of nitrogens with one attached hydrogen (secondary N) is 2. The first-order chi connectivity index (χ1) is 15.7. The molecule has 2 aromatic carbocycles. The molecule has 0 saturated heterocycles. The van der Waals surface area contributed by atoms with Crippen LogP contribution in [0.5, 0.6) is 0 Å². The molecule has 2 aromatic rings. The number of nitrogen functional groups attached to an aromatic ring is 1. The molecule has 1 fully saturated rings. The minimum atomic E-state index is -0.598. The Morgan fingerprint density at radius 2 is 1.70 bits per heavy atom. The fourth-order valence-corrected chi connectivity index (χ4v) is 5.23. The molecule has 1 heterocycles. The number of carbonyl (C=O) groups is 2. The first-order valence-corrected chi connectivity index (χ1v) is 11.8. The molecule has 2 aliphatic rings. The average molecular weight is 468 g/mol. The van der Waals surface area contributed by atoms with Gasteiger partial charge in [0, 0.05) is 29.4 Å². The second kappa shape index (κ2) is 9.43. The fraction of sp³-hybridized carbons (Fsp3) is 0.400. The number of benzene rings is 2. The van der Waals surface area contributed by atoms with Crippen molar-refractivity contribution in [3.8, 4) is 0 Å². The number of amides is 2. The zero-order chi connectivity index (χ0) is 23.7. The summed E-state index contributed by atoms with van der Waals surface area (Å²) in [5.41, 5.74) is 14.6. The van der Waals surface area contributed by atoms with E-state index in [0.29, 0.717) is 23.6 Å². The van der Waals surface area contributed by atoms with Gasteiger partial charge in [-0.2, -0.15) is 0 Å². The molecule has 2 unspecified atom stereocenters. The Kier molecular flexibility index (Phi) is 6.61. The number of anilines is 1. The van der Waals surface area contributed by atoms with Gasteiger partial charge in [0.2, 0.25) is 11.8 Å². The van der Waals surface area contributed by atoms with Crippen molar-refractivity contribution in [2.24, 2.45) is 17.4 Å². The third kappa shape index (κ3) is 4.83. The van der Waals surface area contributed by atoms with E-state index in [4.69, 9.17) is 28.5 Å². The summed E-state index contributed by atoms with van der Waals surface area (Å²) >= 11 is 6.86. The summed E-state index contributed by atoms with van der Waals surface area (Å²) in [5, 5.41) is 10.5. The molecule has 4 rings (SSSR count). The maximum Gasteiger partial charge on any atom is 0.248 e. The van der Waals surface area contributed by atoms with Crippen LogP contribution in [0.2, 0.25) is 0 Å². The van der Waals surface area contributed by atoms with Crippen molar-refractivity contribution in [3.63, 3.8) is 0 Å². The third-order valence-electron chi connectivity index (χ3n) is 6.78. The molecular weight excluding hydrogens is 438 g/mol. The van der Waals surface area contributed by atoms with Gasteiger partial charge in [0.05, 0.1) is 5.38 Å². The maximum absolute atomic E-state index is 13.5. The molecule has 1 aliphatic carbocycles. The molecule has 1 saturated carbocycles. The summed E-state index contributed by atoms with van der Waals surface area (Å²) in [5.74, 6) is 0.0707. The summed E-state index contributed by atoms with van der Waals surface area (Å²) in [6.07, 6.45) is 4.17. The van der Waals surface area contributed by atoms with Crippen LogP contribution >= 0.6 is 11.6 Å². The number of primary amides is 1. The van der Waals surface area contributed by atoms with Gasteiger partial charge in [-0.05, 0) is 60.9 Å².